The Kier molecular flexibility index (Phi) is 3.16. The van der Waals surface area contributed by atoms with E-state index in [2.05, 4.69) is 0 Å². The quantitative estimate of drug-likeness (QED) is 0.738. The maximum absolute atomic E-state index is 13.1. The number of hydrogen-bond donors (Lipinski definition) is 0. The van der Waals surface area contributed by atoms with Gasteiger partial charge in [0.2, 0.25) is 0 Å². The van der Waals surface area contributed by atoms with E-state index in [1.54, 1.807) is 10.6 Å². The lowest BCUT2D eigenvalue weighted by Gasteiger charge is -2.11. The second-order valence-corrected chi connectivity index (χ2v) is 4.80. The SMILES string of the molecule is CC(=O)c1cn(C(C)C)c2cccc(C(F)(F)F)c12. The van der Waals surface area contributed by atoms with Crippen molar-refractivity contribution in [3.8, 4) is 0 Å². The molecule has 0 fully saturated rings. The van der Waals surface area contributed by atoms with E-state index < -0.39 is 11.7 Å². The highest BCUT2D eigenvalue weighted by molar-refractivity contribution is 6.08. The van der Waals surface area contributed by atoms with Crippen LogP contribution in [0.3, 0.4) is 0 Å². The van der Waals surface area contributed by atoms with E-state index in [4.69, 9.17) is 0 Å². The van der Waals surface area contributed by atoms with Gasteiger partial charge in [-0.2, -0.15) is 13.2 Å². The van der Waals surface area contributed by atoms with Gasteiger partial charge in [-0.25, -0.2) is 0 Å². The molecule has 0 saturated heterocycles. The summed E-state index contributed by atoms with van der Waals surface area (Å²) in [5, 5.41) is -0.00352. The molecule has 0 spiro atoms. The second kappa shape index (κ2) is 4.40. The zero-order valence-corrected chi connectivity index (χ0v) is 10.9. The summed E-state index contributed by atoms with van der Waals surface area (Å²) in [4.78, 5) is 11.6. The molecule has 0 aliphatic rings. The van der Waals surface area contributed by atoms with Crippen molar-refractivity contribution in [3.63, 3.8) is 0 Å². The number of ketones is 1. The largest absolute Gasteiger partial charge is 0.417 e. The number of hydrogen-bond acceptors (Lipinski definition) is 1. The fourth-order valence-corrected chi connectivity index (χ4v) is 2.24. The van der Waals surface area contributed by atoms with E-state index in [9.17, 15) is 18.0 Å². The number of carbonyl (C=O) groups is 1. The Morgan fingerprint density at radius 2 is 1.89 bits per heavy atom. The third-order valence-corrected chi connectivity index (χ3v) is 3.10. The van der Waals surface area contributed by atoms with Crippen molar-refractivity contribution in [1.29, 1.82) is 0 Å². The number of carbonyl (C=O) groups excluding carboxylic acids is 1. The molecular formula is C14H14F3NO. The highest BCUT2D eigenvalue weighted by atomic mass is 19.4. The van der Waals surface area contributed by atoms with Crippen LogP contribution in [0.4, 0.5) is 13.2 Å². The molecule has 1 heterocycles. The number of halogens is 3. The minimum absolute atomic E-state index is 0.00352. The molecule has 2 rings (SSSR count). The van der Waals surface area contributed by atoms with Gasteiger partial charge in [0.25, 0.3) is 0 Å². The van der Waals surface area contributed by atoms with Crippen LogP contribution in [0.2, 0.25) is 0 Å². The lowest BCUT2D eigenvalue weighted by molar-refractivity contribution is -0.136. The number of nitrogens with zero attached hydrogens (tertiary/aromatic N) is 1. The first-order valence-electron chi connectivity index (χ1n) is 5.95. The third-order valence-electron chi connectivity index (χ3n) is 3.10. The van der Waals surface area contributed by atoms with E-state index in [0.29, 0.717) is 5.52 Å². The highest BCUT2D eigenvalue weighted by Crippen LogP contribution is 2.38. The third kappa shape index (κ3) is 2.25. The van der Waals surface area contributed by atoms with Crippen LogP contribution < -0.4 is 0 Å². The van der Waals surface area contributed by atoms with Gasteiger partial charge in [0, 0.05) is 28.7 Å². The van der Waals surface area contributed by atoms with E-state index in [1.807, 2.05) is 13.8 Å². The van der Waals surface area contributed by atoms with Crippen LogP contribution in [-0.2, 0) is 6.18 Å². The molecule has 0 aliphatic carbocycles. The maximum atomic E-state index is 13.1. The molecular weight excluding hydrogens is 255 g/mol. The van der Waals surface area contributed by atoms with Gasteiger partial charge in [-0.1, -0.05) is 6.07 Å². The van der Waals surface area contributed by atoms with E-state index in [0.717, 1.165) is 6.07 Å². The molecule has 0 amide bonds. The van der Waals surface area contributed by atoms with Crippen molar-refractivity contribution in [1.82, 2.24) is 4.57 Å². The highest BCUT2D eigenvalue weighted by Gasteiger charge is 2.34. The Balaban J connectivity index is 2.91. The van der Waals surface area contributed by atoms with Crippen molar-refractivity contribution < 1.29 is 18.0 Å². The lowest BCUT2D eigenvalue weighted by Crippen LogP contribution is -2.07. The number of alkyl halides is 3. The van der Waals surface area contributed by atoms with Gasteiger partial charge in [-0.3, -0.25) is 4.79 Å². The molecule has 19 heavy (non-hydrogen) atoms. The Labute approximate surface area is 108 Å². The first kappa shape index (κ1) is 13.6. The molecule has 1 aromatic carbocycles. The zero-order chi connectivity index (χ0) is 14.4. The lowest BCUT2D eigenvalue weighted by atomic mass is 10.0. The Morgan fingerprint density at radius 1 is 1.26 bits per heavy atom. The standard InChI is InChI=1S/C14H14F3NO/c1-8(2)18-7-10(9(3)19)13-11(14(15,16)17)5-4-6-12(13)18/h4-8H,1-3H3. The van der Waals surface area contributed by atoms with Crippen LogP contribution in [0.5, 0.6) is 0 Å². The van der Waals surface area contributed by atoms with Crippen LogP contribution in [-0.4, -0.2) is 10.4 Å². The molecule has 5 heteroatoms. The Bertz CT molecular complexity index is 638. The van der Waals surface area contributed by atoms with E-state index in [-0.39, 0.29) is 22.8 Å². The molecule has 0 bridgehead atoms. The van der Waals surface area contributed by atoms with Crippen molar-refractivity contribution >= 4 is 16.7 Å². The fraction of sp³-hybridized carbons (Fsp3) is 0.357. The number of benzene rings is 1. The van der Waals surface area contributed by atoms with Gasteiger partial charge in [0.05, 0.1) is 5.56 Å². The van der Waals surface area contributed by atoms with Crippen LogP contribution in [0, 0.1) is 0 Å². The summed E-state index contributed by atoms with van der Waals surface area (Å²) in [5.41, 5.74) is -0.193. The van der Waals surface area contributed by atoms with Gasteiger partial charge in [0.1, 0.15) is 0 Å². The maximum Gasteiger partial charge on any atom is 0.417 e. The summed E-state index contributed by atoms with van der Waals surface area (Å²) in [5.74, 6) is -0.360. The number of fused-ring (bicyclic) bond motifs is 1. The predicted octanol–water partition coefficient (Wildman–Crippen LogP) is 4.44. The topological polar surface area (TPSA) is 22.0 Å². The molecule has 0 N–H and O–H groups in total. The van der Waals surface area contributed by atoms with Gasteiger partial charge in [-0.15, -0.1) is 0 Å². The summed E-state index contributed by atoms with van der Waals surface area (Å²) in [7, 11) is 0. The Hall–Kier alpha value is -1.78. The minimum Gasteiger partial charge on any atom is -0.344 e. The number of rotatable bonds is 2. The van der Waals surface area contributed by atoms with Gasteiger partial charge < -0.3 is 4.57 Å². The van der Waals surface area contributed by atoms with E-state index >= 15 is 0 Å². The Morgan fingerprint density at radius 3 is 2.37 bits per heavy atom. The normalized spacial score (nSPS) is 12.4. The average molecular weight is 269 g/mol. The summed E-state index contributed by atoms with van der Waals surface area (Å²) < 4.78 is 40.8. The van der Waals surface area contributed by atoms with Crippen molar-refractivity contribution in [3.05, 3.63) is 35.5 Å². The molecule has 2 aromatic rings. The van der Waals surface area contributed by atoms with Gasteiger partial charge >= 0.3 is 6.18 Å². The summed E-state index contributed by atoms with van der Waals surface area (Å²) in [6, 6.07) is 3.98. The monoisotopic (exact) mass is 269 g/mol. The zero-order valence-electron chi connectivity index (χ0n) is 10.9. The first-order chi connectivity index (χ1) is 8.73. The van der Waals surface area contributed by atoms with Gasteiger partial charge in [0.15, 0.2) is 5.78 Å². The summed E-state index contributed by atoms with van der Waals surface area (Å²) in [6.45, 7) is 5.01. The van der Waals surface area contributed by atoms with Crippen molar-refractivity contribution in [2.24, 2.45) is 0 Å². The average Bonchev–Trinajstić information content (AvgIpc) is 2.66. The number of Topliss-reactive ketones (excluding diaryl/α,β-unsaturated/α-hetero) is 1. The molecule has 102 valence electrons. The summed E-state index contributed by atoms with van der Waals surface area (Å²) >= 11 is 0. The molecule has 0 atom stereocenters. The predicted molar refractivity (Wildman–Crippen MR) is 67.3 cm³/mol. The smallest absolute Gasteiger partial charge is 0.344 e. The van der Waals surface area contributed by atoms with Gasteiger partial charge in [-0.05, 0) is 32.9 Å². The van der Waals surface area contributed by atoms with Crippen molar-refractivity contribution in [2.75, 3.05) is 0 Å². The van der Waals surface area contributed by atoms with E-state index in [1.165, 1.54) is 19.2 Å². The minimum atomic E-state index is -4.47. The molecule has 0 aliphatic heterocycles. The molecule has 0 radical (unpaired) electrons. The molecule has 1 aromatic heterocycles. The molecule has 0 unspecified atom stereocenters. The summed E-state index contributed by atoms with van der Waals surface area (Å²) in [6.07, 6.45) is -2.96. The molecule has 2 nitrogen and oxygen atoms in total. The molecule has 0 saturated carbocycles. The second-order valence-electron chi connectivity index (χ2n) is 4.80. The fourth-order valence-electron chi connectivity index (χ4n) is 2.24. The van der Waals surface area contributed by atoms with Crippen LogP contribution in [0.15, 0.2) is 24.4 Å². The van der Waals surface area contributed by atoms with Crippen LogP contribution in [0.25, 0.3) is 10.9 Å². The first-order valence-corrected chi connectivity index (χ1v) is 5.95. The van der Waals surface area contributed by atoms with Crippen LogP contribution >= 0.6 is 0 Å². The van der Waals surface area contributed by atoms with Crippen LogP contribution in [0.1, 0.15) is 42.7 Å². The van der Waals surface area contributed by atoms with Crippen molar-refractivity contribution in [2.45, 2.75) is 33.0 Å². The number of aromatic nitrogens is 1.